The lowest BCUT2D eigenvalue weighted by atomic mass is 9.93. The molecule has 2 unspecified atom stereocenters. The van der Waals surface area contributed by atoms with E-state index in [4.69, 9.17) is 5.11 Å². The topological polar surface area (TPSA) is 43.8 Å². The normalized spacial score (nSPS) is 34.3. The summed E-state index contributed by atoms with van der Waals surface area (Å²) in [7, 11) is 2.17. The molecule has 1 N–H and O–H groups in total. The third kappa shape index (κ3) is 2.32. The van der Waals surface area contributed by atoms with Gasteiger partial charge in [-0.15, -0.1) is 0 Å². The number of likely N-dealkylation sites (N-methyl/N-ethyl adjacent to an activating group) is 1. The number of hydrogen-bond acceptors (Lipinski definition) is 3. The van der Waals surface area contributed by atoms with Crippen LogP contribution in [0.5, 0.6) is 0 Å². The van der Waals surface area contributed by atoms with Gasteiger partial charge in [0.1, 0.15) is 0 Å². The third-order valence-corrected chi connectivity index (χ3v) is 3.83. The van der Waals surface area contributed by atoms with E-state index >= 15 is 0 Å². The molecule has 0 radical (unpaired) electrons. The molecule has 0 aromatic heterocycles. The summed E-state index contributed by atoms with van der Waals surface area (Å²) < 4.78 is 0. The van der Waals surface area contributed by atoms with Gasteiger partial charge in [-0.3, -0.25) is 9.69 Å². The number of rotatable bonds is 3. The highest BCUT2D eigenvalue weighted by atomic mass is 16.4. The molecule has 2 heterocycles. The van der Waals surface area contributed by atoms with Gasteiger partial charge in [0, 0.05) is 31.7 Å². The Morgan fingerprint density at radius 3 is 2.53 bits per heavy atom. The van der Waals surface area contributed by atoms with Crippen LogP contribution < -0.4 is 0 Å². The van der Waals surface area contributed by atoms with Gasteiger partial charge in [0.15, 0.2) is 0 Å². The van der Waals surface area contributed by atoms with E-state index < -0.39 is 5.97 Å². The summed E-state index contributed by atoms with van der Waals surface area (Å²) in [4.78, 5) is 15.3. The summed E-state index contributed by atoms with van der Waals surface area (Å²) in [6, 6.07) is 1.34. The molecule has 2 aliphatic heterocycles. The molecule has 0 amide bonds. The second-order valence-electron chi connectivity index (χ2n) is 5.10. The number of likely N-dealkylation sites (tertiary alicyclic amines) is 2. The first kappa shape index (κ1) is 10.9. The molecule has 2 atom stereocenters. The summed E-state index contributed by atoms with van der Waals surface area (Å²) in [6.45, 7) is 5.37. The molecule has 0 aromatic rings. The van der Waals surface area contributed by atoms with Crippen molar-refractivity contribution in [1.82, 2.24) is 9.80 Å². The number of nitrogens with zero attached hydrogens (tertiary/aromatic N) is 2. The van der Waals surface area contributed by atoms with Crippen LogP contribution in [0.15, 0.2) is 0 Å². The van der Waals surface area contributed by atoms with Crippen molar-refractivity contribution in [2.45, 2.75) is 31.8 Å². The standard InChI is InChI=1S/C11H20N2O2/c1-8-3-10(7-12(8)2)13-5-9(6-13)4-11(14)15/h8-10H,3-7H2,1-2H3,(H,14,15). The molecule has 0 aliphatic carbocycles. The summed E-state index contributed by atoms with van der Waals surface area (Å²) in [5.74, 6) is -0.264. The van der Waals surface area contributed by atoms with Crippen molar-refractivity contribution in [2.75, 3.05) is 26.7 Å². The van der Waals surface area contributed by atoms with Gasteiger partial charge in [-0.2, -0.15) is 0 Å². The fourth-order valence-corrected chi connectivity index (χ4v) is 2.71. The highest BCUT2D eigenvalue weighted by molar-refractivity contribution is 5.67. The minimum Gasteiger partial charge on any atom is -0.481 e. The van der Waals surface area contributed by atoms with E-state index in [2.05, 4.69) is 23.8 Å². The largest absolute Gasteiger partial charge is 0.481 e. The van der Waals surface area contributed by atoms with Crippen molar-refractivity contribution in [3.8, 4) is 0 Å². The quantitative estimate of drug-likeness (QED) is 0.739. The molecule has 0 spiro atoms. The van der Waals surface area contributed by atoms with Crippen LogP contribution in [0, 0.1) is 5.92 Å². The van der Waals surface area contributed by atoms with E-state index in [0.29, 0.717) is 24.4 Å². The molecule has 0 aromatic carbocycles. The van der Waals surface area contributed by atoms with Crippen LogP contribution in [-0.2, 0) is 4.79 Å². The maximum Gasteiger partial charge on any atom is 0.303 e. The van der Waals surface area contributed by atoms with E-state index in [1.165, 1.54) is 6.42 Å². The van der Waals surface area contributed by atoms with Crippen LogP contribution in [0.4, 0.5) is 0 Å². The lowest BCUT2D eigenvalue weighted by Gasteiger charge is -2.42. The van der Waals surface area contributed by atoms with E-state index in [-0.39, 0.29) is 0 Å². The summed E-state index contributed by atoms with van der Waals surface area (Å²) in [5.41, 5.74) is 0. The van der Waals surface area contributed by atoms with E-state index in [1.54, 1.807) is 0 Å². The average molecular weight is 212 g/mol. The molecule has 2 fully saturated rings. The number of carbonyl (C=O) groups is 1. The zero-order chi connectivity index (χ0) is 11.0. The van der Waals surface area contributed by atoms with Gasteiger partial charge in [-0.05, 0) is 26.3 Å². The van der Waals surface area contributed by atoms with Crippen LogP contribution in [-0.4, -0.2) is 59.6 Å². The number of aliphatic carboxylic acids is 1. The van der Waals surface area contributed by atoms with Crippen molar-refractivity contribution < 1.29 is 9.90 Å². The Morgan fingerprint density at radius 1 is 1.40 bits per heavy atom. The smallest absolute Gasteiger partial charge is 0.303 e. The van der Waals surface area contributed by atoms with E-state index in [0.717, 1.165) is 19.6 Å². The molecule has 2 rings (SSSR count). The van der Waals surface area contributed by atoms with Gasteiger partial charge in [-0.25, -0.2) is 0 Å². The van der Waals surface area contributed by atoms with Crippen molar-refractivity contribution in [2.24, 2.45) is 5.92 Å². The van der Waals surface area contributed by atoms with Crippen molar-refractivity contribution in [3.63, 3.8) is 0 Å². The molecule has 4 heteroatoms. The lowest BCUT2D eigenvalue weighted by Crippen LogP contribution is -2.53. The van der Waals surface area contributed by atoms with Gasteiger partial charge in [0.2, 0.25) is 0 Å². The SMILES string of the molecule is CC1CC(N2CC(CC(=O)O)C2)CN1C. The predicted octanol–water partition coefficient (Wildman–Crippen LogP) is 0.486. The highest BCUT2D eigenvalue weighted by Gasteiger charge is 2.37. The first-order valence-corrected chi connectivity index (χ1v) is 5.72. The fraction of sp³-hybridized carbons (Fsp3) is 0.909. The molecule has 2 saturated heterocycles. The molecule has 15 heavy (non-hydrogen) atoms. The average Bonchev–Trinajstić information content (AvgIpc) is 2.38. The molecule has 2 aliphatic rings. The first-order chi connectivity index (χ1) is 7.06. The van der Waals surface area contributed by atoms with Crippen LogP contribution in [0.25, 0.3) is 0 Å². The monoisotopic (exact) mass is 212 g/mol. The van der Waals surface area contributed by atoms with E-state index in [9.17, 15) is 4.79 Å². The van der Waals surface area contributed by atoms with Gasteiger partial charge in [0.05, 0.1) is 6.42 Å². The fourth-order valence-electron chi connectivity index (χ4n) is 2.71. The zero-order valence-corrected chi connectivity index (χ0v) is 9.52. The van der Waals surface area contributed by atoms with E-state index in [1.807, 2.05) is 0 Å². The minimum atomic E-state index is -0.656. The van der Waals surface area contributed by atoms with Crippen LogP contribution in [0.1, 0.15) is 19.8 Å². The Labute approximate surface area is 90.9 Å². The Bertz CT molecular complexity index is 241. The third-order valence-electron chi connectivity index (χ3n) is 3.83. The van der Waals surface area contributed by atoms with Crippen molar-refractivity contribution in [1.29, 1.82) is 0 Å². The molecule has 0 bridgehead atoms. The van der Waals surface area contributed by atoms with Crippen LogP contribution in [0.3, 0.4) is 0 Å². The Morgan fingerprint density at radius 2 is 2.07 bits per heavy atom. The first-order valence-electron chi connectivity index (χ1n) is 5.72. The Kier molecular flexibility index (Phi) is 2.98. The highest BCUT2D eigenvalue weighted by Crippen LogP contribution is 2.28. The molecule has 0 saturated carbocycles. The second-order valence-corrected chi connectivity index (χ2v) is 5.10. The van der Waals surface area contributed by atoms with Gasteiger partial charge in [-0.1, -0.05) is 0 Å². The minimum absolute atomic E-state index is 0.342. The van der Waals surface area contributed by atoms with Crippen molar-refractivity contribution in [3.05, 3.63) is 0 Å². The number of hydrogen-bond donors (Lipinski definition) is 1. The zero-order valence-electron chi connectivity index (χ0n) is 9.52. The maximum absolute atomic E-state index is 10.5. The van der Waals surface area contributed by atoms with Gasteiger partial charge < -0.3 is 10.0 Å². The molecule has 4 nitrogen and oxygen atoms in total. The summed E-state index contributed by atoms with van der Waals surface area (Å²) in [5, 5.41) is 8.66. The molecule has 86 valence electrons. The second kappa shape index (κ2) is 4.10. The Hall–Kier alpha value is -0.610. The maximum atomic E-state index is 10.5. The molecular weight excluding hydrogens is 192 g/mol. The summed E-state index contributed by atoms with van der Waals surface area (Å²) >= 11 is 0. The van der Waals surface area contributed by atoms with Crippen LogP contribution in [0.2, 0.25) is 0 Å². The summed E-state index contributed by atoms with van der Waals surface area (Å²) in [6.07, 6.45) is 1.57. The Balaban J connectivity index is 1.73. The lowest BCUT2D eigenvalue weighted by molar-refractivity contribution is -0.139. The predicted molar refractivity (Wildman–Crippen MR) is 57.8 cm³/mol. The number of carboxylic acid groups (broad SMARTS) is 1. The number of carboxylic acids is 1. The van der Waals surface area contributed by atoms with Gasteiger partial charge in [0.25, 0.3) is 0 Å². The molecular formula is C11H20N2O2. The van der Waals surface area contributed by atoms with Gasteiger partial charge >= 0.3 is 5.97 Å². The van der Waals surface area contributed by atoms with Crippen molar-refractivity contribution >= 4 is 5.97 Å². The van der Waals surface area contributed by atoms with Crippen LogP contribution >= 0.6 is 0 Å².